The zero-order valence-corrected chi connectivity index (χ0v) is 12.9. The van der Waals surface area contributed by atoms with Crippen LogP contribution < -0.4 is 11.4 Å². The lowest BCUT2D eigenvalue weighted by atomic mass is 10.1. The van der Waals surface area contributed by atoms with E-state index in [1.165, 1.54) is 12.1 Å². The van der Waals surface area contributed by atoms with Gasteiger partial charge in [0.15, 0.2) is 11.6 Å². The maximum Gasteiger partial charge on any atom is 0.331 e. The van der Waals surface area contributed by atoms with Crippen molar-refractivity contribution in [2.45, 2.75) is 6.61 Å². The number of rotatable bonds is 2. The lowest BCUT2D eigenvalue weighted by molar-refractivity contribution is 0.283. The first-order chi connectivity index (χ1) is 10.9. The molecule has 0 bridgehead atoms. The van der Waals surface area contributed by atoms with Crippen molar-refractivity contribution >= 4 is 32.7 Å². The molecule has 0 unspecified atom stereocenters. The molecular weight excluding hydrogens is 379 g/mol. The molecule has 0 atom stereocenters. The Morgan fingerprint density at radius 2 is 1.96 bits per heavy atom. The van der Waals surface area contributed by atoms with E-state index in [1.54, 1.807) is 0 Å². The fourth-order valence-corrected chi connectivity index (χ4v) is 2.74. The molecule has 3 aromatic rings. The number of H-pyrrole nitrogens is 1. The summed E-state index contributed by atoms with van der Waals surface area (Å²) in [5.41, 5.74) is 2.78. The highest BCUT2D eigenvalue weighted by Crippen LogP contribution is 2.31. The topological polar surface area (TPSA) is 84.0 Å². The second-order valence-electron chi connectivity index (χ2n) is 4.76. The van der Waals surface area contributed by atoms with E-state index in [0.29, 0.717) is 9.04 Å². The lowest BCUT2D eigenvalue weighted by Gasteiger charge is -2.10. The normalized spacial score (nSPS) is 11.3. The van der Waals surface area contributed by atoms with Gasteiger partial charge in [0.05, 0.1) is 23.5 Å². The number of hydrogen-bond acceptors (Lipinski definition) is 3. The van der Waals surface area contributed by atoms with Crippen molar-refractivity contribution < 1.29 is 18.3 Å². The Morgan fingerprint density at radius 3 is 2.57 bits per heavy atom. The van der Waals surface area contributed by atoms with Crippen molar-refractivity contribution in [3.63, 3.8) is 0 Å². The summed E-state index contributed by atoms with van der Waals surface area (Å²) in [5.74, 6) is -3.63. The number of fused-ring (bicyclic) bond motifs is 1. The van der Waals surface area contributed by atoms with Crippen LogP contribution in [-0.2, 0) is 6.61 Å². The summed E-state index contributed by atoms with van der Waals surface area (Å²) < 4.78 is 43.4. The van der Waals surface area contributed by atoms with Gasteiger partial charge in [-0.05, 0) is 18.2 Å². The minimum atomic E-state index is -1.41. The van der Waals surface area contributed by atoms with Crippen LogP contribution in [0.1, 0.15) is 5.56 Å². The summed E-state index contributed by atoms with van der Waals surface area (Å²) >= 11 is 3.07. The molecule has 1 aromatic heterocycles. The number of nitrogens with zero attached hydrogens (tertiary/aromatic N) is 1. The number of aromatic nitrogens is 2. The van der Waals surface area contributed by atoms with E-state index in [-0.39, 0.29) is 16.8 Å². The molecule has 4 N–H and O–H groups in total. The molecule has 120 valence electrons. The van der Waals surface area contributed by atoms with Gasteiger partial charge in [-0.1, -0.05) is 15.9 Å². The molecule has 0 radical (unpaired) electrons. The van der Waals surface area contributed by atoms with Gasteiger partial charge in [0.25, 0.3) is 0 Å². The standard InChI is InChI=1S/C14H9BrF3N3O2/c15-5-1-2-8(7(16)3-5)21-13-10(18)9(17)11(19)6(4-22)12(13)20-14(21)23/h1-3,22H,4,19H2,(H,20,23). The molecule has 5 nitrogen and oxygen atoms in total. The molecule has 9 heteroatoms. The van der Waals surface area contributed by atoms with Crippen molar-refractivity contribution in [1.29, 1.82) is 0 Å². The van der Waals surface area contributed by atoms with Crippen LogP contribution in [0.25, 0.3) is 16.7 Å². The van der Waals surface area contributed by atoms with Gasteiger partial charge in [-0.2, -0.15) is 0 Å². The summed E-state index contributed by atoms with van der Waals surface area (Å²) in [4.78, 5) is 14.4. The molecule has 3 rings (SSSR count). The van der Waals surface area contributed by atoms with E-state index in [0.717, 1.165) is 6.07 Å². The second kappa shape index (κ2) is 5.43. The number of imidazole rings is 1. The predicted molar refractivity (Wildman–Crippen MR) is 81.8 cm³/mol. The number of nitrogens with two attached hydrogens (primary N) is 1. The van der Waals surface area contributed by atoms with Crippen LogP contribution in [0.2, 0.25) is 0 Å². The van der Waals surface area contributed by atoms with E-state index in [1.807, 2.05) is 0 Å². The van der Waals surface area contributed by atoms with Gasteiger partial charge in [-0.15, -0.1) is 0 Å². The van der Waals surface area contributed by atoms with Crippen molar-refractivity contribution in [2.75, 3.05) is 5.73 Å². The average molecular weight is 388 g/mol. The first-order valence-corrected chi connectivity index (χ1v) is 7.12. The molecule has 1 heterocycles. The van der Waals surface area contributed by atoms with Crippen LogP contribution in [0.3, 0.4) is 0 Å². The predicted octanol–water partition coefficient (Wildman–Crippen LogP) is 2.57. The van der Waals surface area contributed by atoms with Crippen molar-refractivity contribution in [3.8, 4) is 5.69 Å². The van der Waals surface area contributed by atoms with Gasteiger partial charge in [0.2, 0.25) is 0 Å². The van der Waals surface area contributed by atoms with Crippen LogP contribution in [0, 0.1) is 17.5 Å². The fourth-order valence-electron chi connectivity index (χ4n) is 2.41. The molecule has 0 saturated heterocycles. The Balaban J connectivity index is 2.50. The minimum Gasteiger partial charge on any atom is -0.396 e. The summed E-state index contributed by atoms with van der Waals surface area (Å²) in [6.45, 7) is -0.720. The third-order valence-electron chi connectivity index (χ3n) is 3.47. The van der Waals surface area contributed by atoms with Gasteiger partial charge >= 0.3 is 5.69 Å². The summed E-state index contributed by atoms with van der Waals surface area (Å²) in [6, 6.07) is 3.77. The molecule has 0 aliphatic rings. The Labute approximate surface area is 135 Å². The number of aromatic amines is 1. The molecular formula is C14H9BrF3N3O2. The summed E-state index contributed by atoms with van der Waals surface area (Å²) in [7, 11) is 0. The quantitative estimate of drug-likeness (QED) is 0.590. The Bertz CT molecular complexity index is 997. The number of hydrogen-bond donors (Lipinski definition) is 3. The van der Waals surface area contributed by atoms with Gasteiger partial charge < -0.3 is 15.8 Å². The molecule has 23 heavy (non-hydrogen) atoms. The molecule has 0 fully saturated rings. The second-order valence-corrected chi connectivity index (χ2v) is 5.68. The van der Waals surface area contributed by atoms with Gasteiger partial charge in [-0.25, -0.2) is 18.0 Å². The van der Waals surface area contributed by atoms with E-state index < -0.39 is 41.0 Å². The van der Waals surface area contributed by atoms with Crippen LogP contribution in [-0.4, -0.2) is 14.7 Å². The highest BCUT2D eigenvalue weighted by Gasteiger charge is 2.24. The fraction of sp³-hybridized carbons (Fsp3) is 0.0714. The third-order valence-corrected chi connectivity index (χ3v) is 3.96. The maximum absolute atomic E-state index is 14.3. The zero-order chi connectivity index (χ0) is 16.9. The number of aliphatic hydroxyl groups is 1. The molecule has 2 aromatic carbocycles. The molecule has 0 amide bonds. The number of benzene rings is 2. The Morgan fingerprint density at radius 1 is 1.26 bits per heavy atom. The van der Waals surface area contributed by atoms with Crippen molar-refractivity contribution in [3.05, 3.63) is 56.2 Å². The van der Waals surface area contributed by atoms with Crippen LogP contribution >= 0.6 is 15.9 Å². The maximum atomic E-state index is 14.3. The van der Waals surface area contributed by atoms with Gasteiger partial charge in [0.1, 0.15) is 11.3 Å². The van der Waals surface area contributed by atoms with Crippen LogP contribution in [0.4, 0.5) is 18.9 Å². The van der Waals surface area contributed by atoms with Gasteiger partial charge in [-0.3, -0.25) is 4.57 Å². The highest BCUT2D eigenvalue weighted by molar-refractivity contribution is 9.10. The van der Waals surface area contributed by atoms with E-state index in [9.17, 15) is 23.1 Å². The molecule has 0 aliphatic carbocycles. The van der Waals surface area contributed by atoms with Crippen molar-refractivity contribution in [2.24, 2.45) is 0 Å². The van der Waals surface area contributed by atoms with Crippen LogP contribution in [0.15, 0.2) is 27.5 Å². The monoisotopic (exact) mass is 387 g/mol. The minimum absolute atomic E-state index is 0.174. The average Bonchev–Trinajstić information content (AvgIpc) is 2.83. The molecule has 0 spiro atoms. The Hall–Kier alpha value is -2.26. The Kier molecular flexibility index (Phi) is 3.69. The van der Waals surface area contributed by atoms with Crippen molar-refractivity contribution in [1.82, 2.24) is 9.55 Å². The number of aliphatic hydroxyl groups excluding tert-OH is 1. The van der Waals surface area contributed by atoms with E-state index in [2.05, 4.69) is 20.9 Å². The SMILES string of the molecule is Nc1c(F)c(F)c2c([nH]c(=O)n2-c2ccc(Br)cc2F)c1CO. The number of halogens is 4. The van der Waals surface area contributed by atoms with Gasteiger partial charge in [0, 0.05) is 10.0 Å². The number of anilines is 1. The largest absolute Gasteiger partial charge is 0.396 e. The smallest absolute Gasteiger partial charge is 0.331 e. The van der Waals surface area contributed by atoms with Crippen LogP contribution in [0.5, 0.6) is 0 Å². The molecule has 0 saturated carbocycles. The first-order valence-electron chi connectivity index (χ1n) is 6.33. The third kappa shape index (κ3) is 2.23. The molecule has 0 aliphatic heterocycles. The summed E-state index contributed by atoms with van der Waals surface area (Å²) in [5, 5.41) is 9.31. The zero-order valence-electron chi connectivity index (χ0n) is 11.3. The van der Waals surface area contributed by atoms with E-state index in [4.69, 9.17) is 5.73 Å². The first kappa shape index (κ1) is 15.6. The number of nitrogens with one attached hydrogen (secondary N) is 1. The lowest BCUT2D eigenvalue weighted by Crippen LogP contribution is -2.16. The highest BCUT2D eigenvalue weighted by atomic mass is 79.9. The van der Waals surface area contributed by atoms with E-state index >= 15 is 0 Å². The number of nitrogen functional groups attached to an aromatic ring is 1. The summed E-state index contributed by atoms with van der Waals surface area (Å²) in [6.07, 6.45) is 0.